The predicted molar refractivity (Wildman–Crippen MR) is 293 cm³/mol. The zero-order valence-electron chi connectivity index (χ0n) is 46.2. The highest BCUT2D eigenvalue weighted by atomic mass is 16.6. The summed E-state index contributed by atoms with van der Waals surface area (Å²) in [5.41, 5.74) is 0. The fourth-order valence-corrected chi connectivity index (χ4v) is 9.38. The van der Waals surface area contributed by atoms with Gasteiger partial charge in [-0.15, -0.1) is 0 Å². The Bertz CT molecular complexity index is 1060. The van der Waals surface area contributed by atoms with E-state index in [1.807, 2.05) is 0 Å². The summed E-state index contributed by atoms with van der Waals surface area (Å²) in [4.78, 5) is 38.2. The van der Waals surface area contributed by atoms with Crippen LogP contribution in [0.15, 0.2) is 12.2 Å². The SMILES string of the molecule is CCCCCCCCCC/C=C\CCCCCCCCCC(=O)OC[C@@H](COC(=O)CCCCCCCCCCCCCCCC)OC(=O)CCCCCCCCCCCCCCCCCCC. The normalized spacial score (nSPS) is 12.0. The molecule has 0 saturated heterocycles. The van der Waals surface area contributed by atoms with Crippen molar-refractivity contribution in [3.8, 4) is 0 Å². The summed E-state index contributed by atoms with van der Waals surface area (Å²) in [6, 6.07) is 0. The molecule has 0 heterocycles. The minimum Gasteiger partial charge on any atom is -0.462 e. The van der Waals surface area contributed by atoms with E-state index in [1.54, 1.807) is 0 Å². The van der Waals surface area contributed by atoms with Crippen LogP contribution in [0.5, 0.6) is 0 Å². The second-order valence-electron chi connectivity index (χ2n) is 21.0. The van der Waals surface area contributed by atoms with Crippen LogP contribution in [0.3, 0.4) is 0 Å². The fourth-order valence-electron chi connectivity index (χ4n) is 9.38. The van der Waals surface area contributed by atoms with E-state index in [9.17, 15) is 14.4 Å². The number of carbonyl (C=O) groups excluding carboxylic acids is 3. The van der Waals surface area contributed by atoms with E-state index in [0.717, 1.165) is 57.8 Å². The highest BCUT2D eigenvalue weighted by molar-refractivity contribution is 5.71. The number of hydrogen-bond donors (Lipinski definition) is 0. The van der Waals surface area contributed by atoms with Gasteiger partial charge in [0.15, 0.2) is 6.10 Å². The lowest BCUT2D eigenvalue weighted by molar-refractivity contribution is -0.167. The molecule has 0 aliphatic rings. The maximum atomic E-state index is 12.9. The van der Waals surface area contributed by atoms with Crippen LogP contribution in [-0.4, -0.2) is 37.2 Å². The third-order valence-corrected chi connectivity index (χ3v) is 14.0. The summed E-state index contributed by atoms with van der Waals surface area (Å²) in [7, 11) is 0. The Morgan fingerprint density at radius 2 is 0.485 bits per heavy atom. The molecule has 0 aliphatic heterocycles. The standard InChI is InChI=1S/C62H118O6/c1-4-7-10-13-16-19-22-25-28-30-31-33-34-37-40-43-46-49-52-55-61(64)67-58-59(57-66-60(63)54-51-48-45-42-39-36-27-24-21-18-15-12-9-6-3)68-62(65)56-53-50-47-44-41-38-35-32-29-26-23-20-17-14-11-8-5-2/h30-31,59H,4-29,32-58H2,1-3H3/b31-30-/t59-/m1/s1. The predicted octanol–water partition coefficient (Wildman–Crippen LogP) is 20.5. The lowest BCUT2D eigenvalue weighted by Gasteiger charge is -2.18. The van der Waals surface area contributed by atoms with Crippen molar-refractivity contribution in [1.82, 2.24) is 0 Å². The Labute approximate surface area is 424 Å². The molecule has 0 aliphatic carbocycles. The van der Waals surface area contributed by atoms with E-state index in [1.165, 1.54) is 250 Å². The van der Waals surface area contributed by atoms with Gasteiger partial charge in [0.25, 0.3) is 0 Å². The van der Waals surface area contributed by atoms with E-state index in [0.29, 0.717) is 19.3 Å². The molecule has 6 heteroatoms. The van der Waals surface area contributed by atoms with E-state index < -0.39 is 6.10 Å². The van der Waals surface area contributed by atoms with Crippen molar-refractivity contribution in [3.63, 3.8) is 0 Å². The summed E-state index contributed by atoms with van der Waals surface area (Å²) in [5, 5.41) is 0. The summed E-state index contributed by atoms with van der Waals surface area (Å²) < 4.78 is 16.9. The molecule has 0 aromatic rings. The smallest absolute Gasteiger partial charge is 0.306 e. The van der Waals surface area contributed by atoms with Gasteiger partial charge in [0, 0.05) is 19.3 Å². The Kier molecular flexibility index (Phi) is 56.2. The van der Waals surface area contributed by atoms with Gasteiger partial charge in [0.2, 0.25) is 0 Å². The first-order valence-electron chi connectivity index (χ1n) is 30.7. The number of carbonyl (C=O) groups is 3. The van der Waals surface area contributed by atoms with Gasteiger partial charge in [0.05, 0.1) is 0 Å². The van der Waals surface area contributed by atoms with Crippen molar-refractivity contribution in [2.24, 2.45) is 0 Å². The molecular formula is C62H118O6. The summed E-state index contributed by atoms with van der Waals surface area (Å²) in [6.07, 6.45) is 66.3. The van der Waals surface area contributed by atoms with Gasteiger partial charge >= 0.3 is 17.9 Å². The molecule has 68 heavy (non-hydrogen) atoms. The van der Waals surface area contributed by atoms with Crippen molar-refractivity contribution in [2.75, 3.05) is 13.2 Å². The lowest BCUT2D eigenvalue weighted by atomic mass is 10.0. The van der Waals surface area contributed by atoms with Crippen LogP contribution in [0.4, 0.5) is 0 Å². The van der Waals surface area contributed by atoms with Crippen LogP contribution in [0.1, 0.15) is 348 Å². The number of allylic oxidation sites excluding steroid dienone is 2. The Balaban J connectivity index is 4.30. The van der Waals surface area contributed by atoms with Crippen molar-refractivity contribution in [1.29, 1.82) is 0 Å². The van der Waals surface area contributed by atoms with Gasteiger partial charge in [-0.25, -0.2) is 0 Å². The molecule has 0 rings (SSSR count). The number of ether oxygens (including phenoxy) is 3. The average Bonchev–Trinajstić information content (AvgIpc) is 3.34. The second kappa shape index (κ2) is 57.7. The van der Waals surface area contributed by atoms with Crippen molar-refractivity contribution >= 4 is 17.9 Å². The molecule has 0 N–H and O–H groups in total. The Hall–Kier alpha value is -1.85. The average molecular weight is 960 g/mol. The van der Waals surface area contributed by atoms with E-state index in [4.69, 9.17) is 14.2 Å². The zero-order chi connectivity index (χ0) is 49.3. The Morgan fingerprint density at radius 1 is 0.279 bits per heavy atom. The first-order chi connectivity index (χ1) is 33.5. The monoisotopic (exact) mass is 959 g/mol. The van der Waals surface area contributed by atoms with Crippen molar-refractivity contribution < 1.29 is 28.6 Å². The van der Waals surface area contributed by atoms with E-state index in [2.05, 4.69) is 32.9 Å². The largest absolute Gasteiger partial charge is 0.462 e. The molecule has 0 fully saturated rings. The second-order valence-corrected chi connectivity index (χ2v) is 21.0. The van der Waals surface area contributed by atoms with Crippen LogP contribution in [0.25, 0.3) is 0 Å². The number of hydrogen-bond acceptors (Lipinski definition) is 6. The minimum absolute atomic E-state index is 0.0649. The van der Waals surface area contributed by atoms with Crippen LogP contribution >= 0.6 is 0 Å². The summed E-state index contributed by atoms with van der Waals surface area (Å²) >= 11 is 0. The molecule has 0 aromatic heterocycles. The molecule has 0 unspecified atom stereocenters. The summed E-state index contributed by atoms with van der Waals surface area (Å²) in [6.45, 7) is 6.70. The van der Waals surface area contributed by atoms with Gasteiger partial charge in [-0.1, -0.05) is 296 Å². The molecule has 0 radical (unpaired) electrons. The maximum absolute atomic E-state index is 12.9. The third kappa shape index (κ3) is 55.1. The third-order valence-electron chi connectivity index (χ3n) is 14.0. The van der Waals surface area contributed by atoms with E-state index in [-0.39, 0.29) is 31.1 Å². The van der Waals surface area contributed by atoms with Crippen LogP contribution in [0.2, 0.25) is 0 Å². The number of rotatable bonds is 57. The summed E-state index contributed by atoms with van der Waals surface area (Å²) in [5.74, 6) is -0.841. The minimum atomic E-state index is -0.766. The topological polar surface area (TPSA) is 78.9 Å². The van der Waals surface area contributed by atoms with Gasteiger partial charge in [-0.2, -0.15) is 0 Å². The molecule has 0 spiro atoms. The van der Waals surface area contributed by atoms with Crippen molar-refractivity contribution in [3.05, 3.63) is 12.2 Å². The maximum Gasteiger partial charge on any atom is 0.306 e. The molecule has 0 saturated carbocycles. The highest BCUT2D eigenvalue weighted by Gasteiger charge is 2.19. The van der Waals surface area contributed by atoms with E-state index >= 15 is 0 Å². The fraction of sp³-hybridized carbons (Fsp3) is 0.919. The zero-order valence-corrected chi connectivity index (χ0v) is 46.2. The van der Waals surface area contributed by atoms with Gasteiger partial charge in [0.1, 0.15) is 13.2 Å². The lowest BCUT2D eigenvalue weighted by Crippen LogP contribution is -2.30. The van der Waals surface area contributed by atoms with Crippen LogP contribution in [-0.2, 0) is 28.6 Å². The quantitative estimate of drug-likeness (QED) is 0.0262. The van der Waals surface area contributed by atoms with Crippen LogP contribution in [0, 0.1) is 0 Å². The molecule has 6 nitrogen and oxygen atoms in total. The number of unbranched alkanes of at least 4 members (excludes halogenated alkanes) is 44. The molecule has 1 atom stereocenters. The van der Waals surface area contributed by atoms with Crippen molar-refractivity contribution in [2.45, 2.75) is 354 Å². The molecule has 402 valence electrons. The Morgan fingerprint density at radius 3 is 0.735 bits per heavy atom. The first kappa shape index (κ1) is 66.2. The molecule has 0 aromatic carbocycles. The van der Waals surface area contributed by atoms with Gasteiger partial charge < -0.3 is 14.2 Å². The van der Waals surface area contributed by atoms with Gasteiger partial charge in [-0.05, 0) is 44.9 Å². The van der Waals surface area contributed by atoms with Crippen LogP contribution < -0.4 is 0 Å². The molecule has 0 amide bonds. The molecular weight excluding hydrogens is 841 g/mol. The highest BCUT2D eigenvalue weighted by Crippen LogP contribution is 2.18. The first-order valence-corrected chi connectivity index (χ1v) is 30.7. The van der Waals surface area contributed by atoms with Gasteiger partial charge in [-0.3, -0.25) is 14.4 Å². The molecule has 0 bridgehead atoms. The number of esters is 3.